The summed E-state index contributed by atoms with van der Waals surface area (Å²) in [6, 6.07) is 7.62. The lowest BCUT2D eigenvalue weighted by atomic mass is 10.1. The van der Waals surface area contributed by atoms with E-state index in [2.05, 4.69) is 5.32 Å². The van der Waals surface area contributed by atoms with Crippen LogP contribution in [0.15, 0.2) is 42.5 Å². The van der Waals surface area contributed by atoms with Crippen LogP contribution in [0.1, 0.15) is 28.4 Å². The molecule has 148 valence electrons. The van der Waals surface area contributed by atoms with Gasteiger partial charge >= 0.3 is 12.1 Å². The zero-order valence-electron chi connectivity index (χ0n) is 14.7. The maximum atomic E-state index is 12.5. The lowest BCUT2D eigenvalue weighted by Gasteiger charge is -2.15. The number of amides is 1. The molecule has 0 unspecified atom stereocenters. The van der Waals surface area contributed by atoms with Crippen LogP contribution in [0.2, 0.25) is 0 Å². The second-order valence-electron chi connectivity index (χ2n) is 5.82. The van der Waals surface area contributed by atoms with Crippen LogP contribution < -0.4 is 5.32 Å². The van der Waals surface area contributed by atoms with Gasteiger partial charge in [-0.25, -0.2) is 4.79 Å². The zero-order chi connectivity index (χ0) is 21.1. The summed E-state index contributed by atoms with van der Waals surface area (Å²) in [6.07, 6.45) is -5.78. The van der Waals surface area contributed by atoms with Gasteiger partial charge < -0.3 is 10.1 Å². The molecule has 0 radical (unpaired) electrons. The minimum Gasteiger partial charge on any atom is -0.449 e. The fourth-order valence-electron chi connectivity index (χ4n) is 2.31. The molecular formula is C18H15F3N2O5. The average Bonchev–Trinajstić information content (AvgIpc) is 2.61. The fraction of sp³-hybridized carbons (Fsp3) is 0.222. The molecule has 0 heterocycles. The minimum atomic E-state index is -4.50. The van der Waals surface area contributed by atoms with E-state index < -0.39 is 34.6 Å². The van der Waals surface area contributed by atoms with Crippen LogP contribution in [0, 0.1) is 17.0 Å². The van der Waals surface area contributed by atoms with Crippen molar-refractivity contribution in [3.63, 3.8) is 0 Å². The molecule has 0 saturated heterocycles. The third kappa shape index (κ3) is 4.84. The first-order chi connectivity index (χ1) is 13.0. The van der Waals surface area contributed by atoms with Crippen LogP contribution in [-0.2, 0) is 15.7 Å². The highest BCUT2D eigenvalue weighted by Crippen LogP contribution is 2.30. The number of anilines is 1. The molecule has 0 aliphatic carbocycles. The summed E-state index contributed by atoms with van der Waals surface area (Å²) in [5, 5.41) is 13.3. The van der Waals surface area contributed by atoms with E-state index in [9.17, 15) is 32.9 Å². The van der Waals surface area contributed by atoms with Crippen molar-refractivity contribution in [1.82, 2.24) is 0 Å². The summed E-state index contributed by atoms with van der Waals surface area (Å²) in [7, 11) is 0. The Morgan fingerprint density at radius 1 is 1.14 bits per heavy atom. The molecule has 2 aromatic carbocycles. The molecule has 2 rings (SSSR count). The van der Waals surface area contributed by atoms with Crippen molar-refractivity contribution in [3.8, 4) is 0 Å². The number of nitro benzene ring substituents is 1. The fourth-order valence-corrected chi connectivity index (χ4v) is 2.31. The normalized spacial score (nSPS) is 12.2. The lowest BCUT2D eigenvalue weighted by molar-refractivity contribution is -0.385. The van der Waals surface area contributed by atoms with E-state index in [0.717, 1.165) is 24.3 Å². The molecule has 28 heavy (non-hydrogen) atoms. The first-order valence-corrected chi connectivity index (χ1v) is 7.94. The number of benzene rings is 2. The smallest absolute Gasteiger partial charge is 0.416 e. The van der Waals surface area contributed by atoms with Gasteiger partial charge in [0.2, 0.25) is 0 Å². The maximum absolute atomic E-state index is 12.5. The Bertz CT molecular complexity index is 910. The van der Waals surface area contributed by atoms with Gasteiger partial charge in [0.25, 0.3) is 11.6 Å². The Morgan fingerprint density at radius 2 is 1.75 bits per heavy atom. The molecule has 2 aromatic rings. The van der Waals surface area contributed by atoms with Crippen LogP contribution in [0.5, 0.6) is 0 Å². The largest absolute Gasteiger partial charge is 0.449 e. The number of ether oxygens (including phenoxy) is 1. The number of nitrogens with one attached hydrogen (secondary N) is 1. The number of halogens is 3. The van der Waals surface area contributed by atoms with Crippen molar-refractivity contribution in [2.75, 3.05) is 5.32 Å². The molecule has 0 saturated carbocycles. The van der Waals surface area contributed by atoms with Crippen LogP contribution in [0.25, 0.3) is 0 Å². The van der Waals surface area contributed by atoms with Crippen LogP contribution in [0.3, 0.4) is 0 Å². The Kier molecular flexibility index (Phi) is 6.02. The van der Waals surface area contributed by atoms with Crippen molar-refractivity contribution in [2.45, 2.75) is 26.1 Å². The van der Waals surface area contributed by atoms with Crippen molar-refractivity contribution in [2.24, 2.45) is 0 Å². The van der Waals surface area contributed by atoms with Gasteiger partial charge in [0.15, 0.2) is 6.10 Å². The van der Waals surface area contributed by atoms with E-state index in [0.29, 0.717) is 0 Å². The summed E-state index contributed by atoms with van der Waals surface area (Å²) in [4.78, 5) is 34.6. The molecule has 0 bridgehead atoms. The SMILES string of the molecule is Cc1c(C(=O)O[C@@H](C)C(=O)Nc2ccc(C(F)(F)F)cc2)cccc1[N+](=O)[O-]. The predicted octanol–water partition coefficient (Wildman–Crippen LogP) is 4.11. The summed E-state index contributed by atoms with van der Waals surface area (Å²) >= 11 is 0. The molecule has 0 spiro atoms. The summed E-state index contributed by atoms with van der Waals surface area (Å²) in [5.74, 6) is -1.70. The van der Waals surface area contributed by atoms with Gasteiger partial charge in [0.1, 0.15) is 0 Å². The standard InChI is InChI=1S/C18H15F3N2O5/c1-10-14(4-3-5-15(10)23(26)27)17(25)28-11(2)16(24)22-13-8-6-12(7-9-13)18(19,20)21/h3-9,11H,1-2H3,(H,22,24)/t11-/m0/s1. The Labute approximate surface area is 157 Å². The first kappa shape index (κ1) is 20.9. The van der Waals surface area contributed by atoms with Gasteiger partial charge in [-0.1, -0.05) is 6.07 Å². The topological polar surface area (TPSA) is 98.5 Å². The van der Waals surface area contributed by atoms with E-state index in [-0.39, 0.29) is 22.5 Å². The Balaban J connectivity index is 2.05. The van der Waals surface area contributed by atoms with Gasteiger partial charge in [0, 0.05) is 17.3 Å². The maximum Gasteiger partial charge on any atom is 0.416 e. The molecule has 10 heteroatoms. The van der Waals surface area contributed by atoms with Gasteiger partial charge in [-0.3, -0.25) is 14.9 Å². The average molecular weight is 396 g/mol. The zero-order valence-corrected chi connectivity index (χ0v) is 14.7. The Morgan fingerprint density at radius 3 is 2.29 bits per heavy atom. The van der Waals surface area contributed by atoms with Crippen LogP contribution in [0.4, 0.5) is 24.5 Å². The monoisotopic (exact) mass is 396 g/mol. The molecule has 1 amide bonds. The van der Waals surface area contributed by atoms with E-state index in [4.69, 9.17) is 4.74 Å². The summed E-state index contributed by atoms with van der Waals surface area (Å²) < 4.78 is 42.6. The molecular weight excluding hydrogens is 381 g/mol. The summed E-state index contributed by atoms with van der Waals surface area (Å²) in [6.45, 7) is 2.64. The van der Waals surface area contributed by atoms with E-state index >= 15 is 0 Å². The molecule has 0 aliphatic rings. The van der Waals surface area contributed by atoms with Gasteiger partial charge in [-0.05, 0) is 44.2 Å². The molecule has 7 nitrogen and oxygen atoms in total. The number of alkyl halides is 3. The van der Waals surface area contributed by atoms with Crippen molar-refractivity contribution >= 4 is 23.3 Å². The third-order valence-electron chi connectivity index (χ3n) is 3.85. The van der Waals surface area contributed by atoms with Crippen molar-refractivity contribution in [1.29, 1.82) is 0 Å². The number of nitro groups is 1. The van der Waals surface area contributed by atoms with Crippen LogP contribution in [-0.4, -0.2) is 22.9 Å². The molecule has 0 fully saturated rings. The highest BCUT2D eigenvalue weighted by molar-refractivity contribution is 5.98. The Hall–Kier alpha value is -3.43. The highest BCUT2D eigenvalue weighted by Gasteiger charge is 2.30. The predicted molar refractivity (Wildman–Crippen MR) is 92.8 cm³/mol. The number of carbonyl (C=O) groups is 2. The first-order valence-electron chi connectivity index (χ1n) is 7.94. The molecule has 0 aliphatic heterocycles. The van der Waals surface area contributed by atoms with Crippen LogP contribution >= 0.6 is 0 Å². The number of rotatable bonds is 5. The number of hydrogen-bond donors (Lipinski definition) is 1. The molecule has 1 N–H and O–H groups in total. The number of nitrogens with zero attached hydrogens (tertiary/aromatic N) is 1. The van der Waals surface area contributed by atoms with Gasteiger partial charge in [-0.2, -0.15) is 13.2 Å². The van der Waals surface area contributed by atoms with E-state index in [1.54, 1.807) is 0 Å². The number of carbonyl (C=O) groups excluding carboxylic acids is 2. The molecule has 0 aromatic heterocycles. The highest BCUT2D eigenvalue weighted by atomic mass is 19.4. The van der Waals surface area contributed by atoms with E-state index in [1.165, 1.54) is 32.0 Å². The lowest BCUT2D eigenvalue weighted by Crippen LogP contribution is -2.30. The molecule has 1 atom stereocenters. The number of hydrogen-bond acceptors (Lipinski definition) is 5. The van der Waals surface area contributed by atoms with Crippen molar-refractivity contribution in [3.05, 3.63) is 69.3 Å². The minimum absolute atomic E-state index is 0.0663. The third-order valence-corrected chi connectivity index (χ3v) is 3.85. The second-order valence-corrected chi connectivity index (χ2v) is 5.82. The second kappa shape index (κ2) is 8.07. The quantitative estimate of drug-likeness (QED) is 0.466. The van der Waals surface area contributed by atoms with E-state index in [1.807, 2.05) is 0 Å². The summed E-state index contributed by atoms with van der Waals surface area (Å²) in [5.41, 5.74) is -1.02. The van der Waals surface area contributed by atoms with Crippen molar-refractivity contribution < 1.29 is 32.4 Å². The van der Waals surface area contributed by atoms with Gasteiger partial charge in [0.05, 0.1) is 16.1 Å². The number of esters is 1. The van der Waals surface area contributed by atoms with Gasteiger partial charge in [-0.15, -0.1) is 0 Å².